The number of nitrogens with zero attached hydrogens (tertiary/aromatic N) is 3. The fraction of sp³-hybridized carbons (Fsp3) is 0.576. The van der Waals surface area contributed by atoms with Gasteiger partial charge in [-0.2, -0.15) is 0 Å². The molecule has 0 radical (unpaired) electrons. The summed E-state index contributed by atoms with van der Waals surface area (Å²) >= 11 is 0. The van der Waals surface area contributed by atoms with E-state index in [1.54, 1.807) is 0 Å². The van der Waals surface area contributed by atoms with Crippen molar-refractivity contribution in [3.8, 4) is 0 Å². The van der Waals surface area contributed by atoms with E-state index in [0.29, 0.717) is 11.9 Å². The van der Waals surface area contributed by atoms with E-state index in [1.165, 1.54) is 42.4 Å². The van der Waals surface area contributed by atoms with Crippen LogP contribution in [0.15, 0.2) is 48.5 Å². The lowest BCUT2D eigenvalue weighted by molar-refractivity contribution is -0.138. The van der Waals surface area contributed by atoms with Crippen LogP contribution in [0, 0.1) is 5.92 Å². The molecule has 0 aliphatic carbocycles. The molecule has 0 saturated carbocycles. The number of carbonyl (C=O) groups excluding carboxylic acids is 2. The van der Waals surface area contributed by atoms with Crippen LogP contribution in [-0.2, 0) is 24.2 Å². The number of piperidine rings is 2. The third kappa shape index (κ3) is 6.48. The van der Waals surface area contributed by atoms with Gasteiger partial charge in [0.05, 0.1) is 0 Å². The maximum Gasteiger partial charge on any atom is 0.253 e. The van der Waals surface area contributed by atoms with Crippen molar-refractivity contribution in [3.05, 3.63) is 70.8 Å². The monoisotopic (exact) mass is 515 g/mol. The van der Waals surface area contributed by atoms with E-state index in [4.69, 9.17) is 0 Å². The highest BCUT2D eigenvalue weighted by Crippen LogP contribution is 2.28. The van der Waals surface area contributed by atoms with Gasteiger partial charge in [0.25, 0.3) is 5.91 Å². The molecule has 2 fully saturated rings. The van der Waals surface area contributed by atoms with Crippen molar-refractivity contribution in [2.75, 3.05) is 32.7 Å². The average molecular weight is 516 g/mol. The molecule has 3 heterocycles. The molecule has 0 aromatic heterocycles. The lowest BCUT2D eigenvalue weighted by Gasteiger charge is -2.42. The van der Waals surface area contributed by atoms with Gasteiger partial charge in [0, 0.05) is 43.7 Å². The standard InChI is InChI=1S/C33H45N3O2/c1-2-3-4-5-8-26-11-13-28(14-12-26)32(37)35-23-18-31(19-24-35)34-20-16-29(17-21-34)33(38)36-22-15-27-9-6-7-10-30(27)25-36/h6-7,9-14,29,31H,2-5,8,15-25H2,1H3. The van der Waals surface area contributed by atoms with Crippen molar-refractivity contribution >= 4 is 11.8 Å². The third-order valence-corrected chi connectivity index (χ3v) is 9.11. The molecule has 2 saturated heterocycles. The van der Waals surface area contributed by atoms with Crippen LogP contribution in [0.5, 0.6) is 0 Å². The molecule has 5 rings (SSSR count). The molecule has 2 amide bonds. The number of unbranched alkanes of at least 4 members (excludes halogenated alkanes) is 3. The summed E-state index contributed by atoms with van der Waals surface area (Å²) in [7, 11) is 0. The number of carbonyl (C=O) groups is 2. The SMILES string of the molecule is CCCCCCc1ccc(C(=O)N2CCC(N3CCC(C(=O)N4CCc5ccccc5C4)CC3)CC2)cc1. The van der Waals surface area contributed by atoms with E-state index in [2.05, 4.69) is 53.1 Å². The maximum absolute atomic E-state index is 13.3. The van der Waals surface area contributed by atoms with E-state index in [9.17, 15) is 9.59 Å². The molecule has 0 unspecified atom stereocenters. The lowest BCUT2D eigenvalue weighted by atomic mass is 9.91. The van der Waals surface area contributed by atoms with Crippen LogP contribution in [0.1, 0.15) is 85.3 Å². The number of aryl methyl sites for hydroxylation is 1. The Balaban J connectivity index is 1.04. The first kappa shape index (κ1) is 26.9. The summed E-state index contributed by atoms with van der Waals surface area (Å²) in [5.41, 5.74) is 4.86. The van der Waals surface area contributed by atoms with Gasteiger partial charge in [0.1, 0.15) is 0 Å². The summed E-state index contributed by atoms with van der Waals surface area (Å²) in [4.78, 5) is 33.1. The van der Waals surface area contributed by atoms with Gasteiger partial charge in [-0.05, 0) is 86.9 Å². The van der Waals surface area contributed by atoms with Crippen molar-refractivity contribution in [2.24, 2.45) is 5.92 Å². The topological polar surface area (TPSA) is 43.9 Å². The van der Waals surface area contributed by atoms with Crippen LogP contribution < -0.4 is 0 Å². The maximum atomic E-state index is 13.3. The number of benzene rings is 2. The predicted octanol–water partition coefficient (Wildman–Crippen LogP) is 5.71. The molecule has 0 bridgehead atoms. The van der Waals surface area contributed by atoms with E-state index in [-0.39, 0.29) is 11.8 Å². The van der Waals surface area contributed by atoms with E-state index >= 15 is 0 Å². The lowest BCUT2D eigenvalue weighted by Crippen LogP contribution is -2.50. The Bertz CT molecular complexity index is 1070. The Morgan fingerprint density at radius 2 is 1.47 bits per heavy atom. The van der Waals surface area contributed by atoms with Crippen LogP contribution >= 0.6 is 0 Å². The molecule has 3 aliphatic rings. The van der Waals surface area contributed by atoms with Crippen molar-refractivity contribution in [1.29, 1.82) is 0 Å². The molecule has 5 heteroatoms. The van der Waals surface area contributed by atoms with Gasteiger partial charge in [-0.1, -0.05) is 62.6 Å². The van der Waals surface area contributed by atoms with Gasteiger partial charge in [-0.25, -0.2) is 0 Å². The molecule has 2 aromatic rings. The highest BCUT2D eigenvalue weighted by molar-refractivity contribution is 5.94. The van der Waals surface area contributed by atoms with E-state index in [0.717, 1.165) is 83.4 Å². The van der Waals surface area contributed by atoms with Gasteiger partial charge in [-0.3, -0.25) is 9.59 Å². The Morgan fingerprint density at radius 1 is 0.763 bits per heavy atom. The van der Waals surface area contributed by atoms with Gasteiger partial charge >= 0.3 is 0 Å². The summed E-state index contributed by atoms with van der Waals surface area (Å²) in [5.74, 6) is 0.688. The van der Waals surface area contributed by atoms with E-state index < -0.39 is 0 Å². The molecule has 0 spiro atoms. The summed E-state index contributed by atoms with van der Waals surface area (Å²) in [6, 6.07) is 17.4. The summed E-state index contributed by atoms with van der Waals surface area (Å²) in [6.45, 7) is 7.51. The zero-order chi connectivity index (χ0) is 26.3. The quantitative estimate of drug-likeness (QED) is 0.423. The molecule has 0 atom stereocenters. The number of hydrogen-bond donors (Lipinski definition) is 0. The summed E-state index contributed by atoms with van der Waals surface area (Å²) in [5, 5.41) is 0. The van der Waals surface area contributed by atoms with Crippen molar-refractivity contribution < 1.29 is 9.59 Å². The minimum atomic E-state index is 0.160. The first-order valence-electron chi connectivity index (χ1n) is 15.1. The summed E-state index contributed by atoms with van der Waals surface area (Å²) in [6.07, 6.45) is 11.1. The second kappa shape index (κ2) is 12.9. The third-order valence-electron chi connectivity index (χ3n) is 9.11. The molecule has 0 N–H and O–H groups in total. The molecule has 2 aromatic carbocycles. The van der Waals surface area contributed by atoms with Gasteiger partial charge in [-0.15, -0.1) is 0 Å². The molecular weight excluding hydrogens is 470 g/mol. The fourth-order valence-corrected chi connectivity index (χ4v) is 6.64. The molecule has 204 valence electrons. The number of amides is 2. The first-order valence-corrected chi connectivity index (χ1v) is 15.1. The first-order chi connectivity index (χ1) is 18.6. The van der Waals surface area contributed by atoms with Crippen LogP contribution in [0.4, 0.5) is 0 Å². The van der Waals surface area contributed by atoms with Crippen molar-refractivity contribution in [1.82, 2.24) is 14.7 Å². The smallest absolute Gasteiger partial charge is 0.253 e. The largest absolute Gasteiger partial charge is 0.339 e. The highest BCUT2D eigenvalue weighted by Gasteiger charge is 2.34. The van der Waals surface area contributed by atoms with Crippen LogP contribution in [0.25, 0.3) is 0 Å². The molecule has 38 heavy (non-hydrogen) atoms. The van der Waals surface area contributed by atoms with E-state index in [1.807, 2.05) is 17.0 Å². The Kier molecular flexibility index (Phi) is 9.16. The minimum absolute atomic E-state index is 0.160. The number of rotatable bonds is 8. The van der Waals surface area contributed by atoms with Crippen LogP contribution in [-0.4, -0.2) is 65.3 Å². The van der Waals surface area contributed by atoms with Crippen LogP contribution in [0.3, 0.4) is 0 Å². The van der Waals surface area contributed by atoms with Crippen molar-refractivity contribution in [3.63, 3.8) is 0 Å². The second-order valence-corrected chi connectivity index (χ2v) is 11.6. The summed E-state index contributed by atoms with van der Waals surface area (Å²) < 4.78 is 0. The molecule has 5 nitrogen and oxygen atoms in total. The normalized spacial score (nSPS) is 19.4. The Morgan fingerprint density at radius 3 is 2.18 bits per heavy atom. The molecular formula is C33H45N3O2. The number of fused-ring (bicyclic) bond motifs is 1. The Labute approximate surface area is 229 Å². The van der Waals surface area contributed by atoms with Gasteiger partial charge in [0.15, 0.2) is 0 Å². The predicted molar refractivity (Wildman–Crippen MR) is 153 cm³/mol. The zero-order valence-electron chi connectivity index (χ0n) is 23.2. The minimum Gasteiger partial charge on any atom is -0.339 e. The zero-order valence-corrected chi connectivity index (χ0v) is 23.2. The number of likely N-dealkylation sites (tertiary alicyclic amines) is 2. The second-order valence-electron chi connectivity index (χ2n) is 11.6. The van der Waals surface area contributed by atoms with Gasteiger partial charge < -0.3 is 14.7 Å². The number of hydrogen-bond acceptors (Lipinski definition) is 3. The Hall–Kier alpha value is -2.66. The average Bonchev–Trinajstić information content (AvgIpc) is 2.99. The van der Waals surface area contributed by atoms with Crippen molar-refractivity contribution in [2.45, 2.75) is 83.7 Å². The highest BCUT2D eigenvalue weighted by atomic mass is 16.2. The molecule has 3 aliphatic heterocycles. The van der Waals surface area contributed by atoms with Crippen LogP contribution in [0.2, 0.25) is 0 Å². The fourth-order valence-electron chi connectivity index (χ4n) is 6.64. The van der Waals surface area contributed by atoms with Gasteiger partial charge in [0.2, 0.25) is 5.91 Å².